The molecule has 8 heteroatoms. The first kappa shape index (κ1) is 25.8. The first-order valence-corrected chi connectivity index (χ1v) is 10.7. The summed E-state index contributed by atoms with van der Waals surface area (Å²) in [5, 5.41) is 9.96. The third-order valence-corrected chi connectivity index (χ3v) is 4.68. The van der Waals surface area contributed by atoms with Gasteiger partial charge in [-0.1, -0.05) is 30.7 Å². The fourth-order valence-corrected chi connectivity index (χ4v) is 2.85. The van der Waals surface area contributed by atoms with Crippen molar-refractivity contribution < 1.29 is 4.74 Å². The van der Waals surface area contributed by atoms with Gasteiger partial charge in [0.2, 0.25) is 0 Å². The summed E-state index contributed by atoms with van der Waals surface area (Å²) in [5.74, 6) is 6.32. The maximum atomic E-state index is 6.02. The summed E-state index contributed by atoms with van der Waals surface area (Å²) in [6.45, 7) is 7.74. The van der Waals surface area contributed by atoms with Crippen molar-refractivity contribution in [3.63, 3.8) is 0 Å². The van der Waals surface area contributed by atoms with Crippen molar-refractivity contribution in [3.05, 3.63) is 52.6 Å². The molecule has 0 aliphatic carbocycles. The molecular weight excluding hydrogens is 397 g/mol. The number of hydrogen-bond donors (Lipinski definition) is 3. The molecule has 0 unspecified atom stereocenters. The Labute approximate surface area is 187 Å². The van der Waals surface area contributed by atoms with Crippen molar-refractivity contribution in [2.24, 2.45) is 10.9 Å². The second kappa shape index (κ2) is 14.7. The Balaban J connectivity index is 2.59. The fourth-order valence-electron chi connectivity index (χ4n) is 2.61. The number of nitrogens with two attached hydrogens (primary N) is 1. The number of hydrogen-bond acceptors (Lipinski definition) is 6. The van der Waals surface area contributed by atoms with Gasteiger partial charge in [-0.2, -0.15) is 0 Å². The summed E-state index contributed by atoms with van der Waals surface area (Å²) < 4.78 is 5.88. The minimum absolute atomic E-state index is 0.436. The Morgan fingerprint density at radius 3 is 2.80 bits per heavy atom. The van der Waals surface area contributed by atoms with Crippen molar-refractivity contribution in [1.29, 1.82) is 0 Å². The molecule has 0 spiro atoms. The second-order valence-corrected chi connectivity index (χ2v) is 7.28. The van der Waals surface area contributed by atoms with Gasteiger partial charge in [0.05, 0.1) is 0 Å². The van der Waals surface area contributed by atoms with Crippen molar-refractivity contribution in [2.75, 3.05) is 25.5 Å². The molecule has 4 N–H and O–H groups in total. The molecule has 0 heterocycles. The van der Waals surface area contributed by atoms with E-state index >= 15 is 0 Å². The Hall–Kier alpha value is -2.25. The molecule has 1 aromatic carbocycles. The van der Waals surface area contributed by atoms with Gasteiger partial charge in [-0.25, -0.2) is 0 Å². The van der Waals surface area contributed by atoms with E-state index in [4.69, 9.17) is 22.2 Å². The summed E-state index contributed by atoms with van der Waals surface area (Å²) in [7, 11) is 5.73. The molecule has 0 fully saturated rings. The van der Waals surface area contributed by atoms with Gasteiger partial charge >= 0.3 is 139 Å². The van der Waals surface area contributed by atoms with Crippen LogP contribution in [0.5, 0.6) is 0 Å². The first-order valence-electron chi connectivity index (χ1n) is 10.3. The van der Waals surface area contributed by atoms with E-state index in [1.807, 2.05) is 37.3 Å². The number of allylic oxidation sites excluding steroid dienone is 3. The molecule has 0 bridgehead atoms. The fraction of sp³-hybridized carbons (Fsp3) is 0.455. The van der Waals surface area contributed by atoms with Gasteiger partial charge in [-0.05, 0) is 12.5 Å². The van der Waals surface area contributed by atoms with E-state index in [9.17, 15) is 0 Å². The second-order valence-electron chi connectivity index (χ2n) is 6.84. The summed E-state index contributed by atoms with van der Waals surface area (Å²) in [6, 6.07) is 6.19. The normalized spacial score (nSPS) is 12.2. The van der Waals surface area contributed by atoms with Gasteiger partial charge in [0.1, 0.15) is 0 Å². The van der Waals surface area contributed by atoms with E-state index in [-0.39, 0.29) is 0 Å². The number of likely N-dealkylation sites (N-methyl/N-ethyl adjacent to an activating group) is 1. The molecule has 6 nitrogen and oxygen atoms in total. The molecule has 0 saturated heterocycles. The SMILES string of the molecule is B=C(CNc1cccc(CC)c1CO/C(C)=N/NCC/C=C\C(Cl)=C/CC)N(C)N. The molecule has 0 saturated carbocycles. The first-order chi connectivity index (χ1) is 14.4. The van der Waals surface area contributed by atoms with Crippen LogP contribution in [0, 0.1) is 0 Å². The zero-order valence-corrected chi connectivity index (χ0v) is 19.4. The van der Waals surface area contributed by atoms with Crippen LogP contribution in [0.3, 0.4) is 0 Å². The van der Waals surface area contributed by atoms with Crippen LogP contribution in [-0.2, 0) is 17.8 Å². The molecule has 1 aromatic rings. The van der Waals surface area contributed by atoms with Crippen LogP contribution < -0.4 is 16.6 Å². The number of benzene rings is 1. The molecule has 0 aliphatic rings. The predicted molar refractivity (Wildman–Crippen MR) is 132 cm³/mol. The number of halogens is 1. The third kappa shape index (κ3) is 9.99. The van der Waals surface area contributed by atoms with E-state index in [0.717, 1.165) is 41.1 Å². The van der Waals surface area contributed by atoms with Crippen molar-refractivity contribution in [3.8, 4) is 0 Å². The average molecular weight is 432 g/mol. The van der Waals surface area contributed by atoms with E-state index in [1.165, 1.54) is 10.6 Å². The average Bonchev–Trinajstić information content (AvgIpc) is 2.72. The standard InChI is InChI=1S/C22H35BClN5O/c1-5-10-19(24)12-7-8-14-27-28-17(3)30-16-20-18(6-2)11-9-13-21(20)26-15-22(23)29(4)25/h7,9-13,23,26-27H,5-6,8,14-16,25H2,1-4H3/b12-7-,19-10+,28-17+. The number of aryl methyl sites for hydroxylation is 1. The van der Waals surface area contributed by atoms with E-state index in [0.29, 0.717) is 25.6 Å². The van der Waals surface area contributed by atoms with E-state index in [1.54, 1.807) is 7.05 Å². The number of hydrazine groups is 1. The number of nitrogens with one attached hydrogen (secondary N) is 2. The van der Waals surface area contributed by atoms with Crippen molar-refractivity contribution in [2.45, 2.75) is 46.6 Å². The molecule has 0 aromatic heterocycles. The number of ether oxygens (including phenoxy) is 1. The van der Waals surface area contributed by atoms with Gasteiger partial charge in [0.25, 0.3) is 0 Å². The topological polar surface area (TPSA) is 74.9 Å². The Kier molecular flexibility index (Phi) is 12.6. The predicted octanol–water partition coefficient (Wildman–Crippen LogP) is 3.42. The zero-order valence-electron chi connectivity index (χ0n) is 18.7. The van der Waals surface area contributed by atoms with Crippen LogP contribution in [0.15, 0.2) is 46.6 Å². The molecule has 30 heavy (non-hydrogen) atoms. The summed E-state index contributed by atoms with van der Waals surface area (Å²) in [6.07, 6.45) is 8.59. The van der Waals surface area contributed by atoms with Gasteiger partial charge in [0.15, 0.2) is 0 Å². The number of hydrazone groups is 1. The third-order valence-electron chi connectivity index (χ3n) is 4.40. The van der Waals surface area contributed by atoms with Gasteiger partial charge in [0, 0.05) is 5.03 Å². The van der Waals surface area contributed by atoms with Gasteiger partial charge in [-0.3, -0.25) is 0 Å². The molecule has 0 radical (unpaired) electrons. The maximum absolute atomic E-state index is 6.02. The summed E-state index contributed by atoms with van der Waals surface area (Å²) >= 11 is 6.02. The quantitative estimate of drug-likeness (QED) is 0.0848. The Morgan fingerprint density at radius 1 is 1.37 bits per heavy atom. The van der Waals surface area contributed by atoms with Crippen LogP contribution in [0.2, 0.25) is 0 Å². The minimum atomic E-state index is 0.436. The van der Waals surface area contributed by atoms with Gasteiger partial charge < -0.3 is 0 Å². The van der Waals surface area contributed by atoms with Crippen LogP contribution in [-0.4, -0.2) is 44.1 Å². The zero-order chi connectivity index (χ0) is 22.4. The molecule has 1 rings (SSSR count). The van der Waals surface area contributed by atoms with Crippen LogP contribution >= 0.6 is 11.6 Å². The van der Waals surface area contributed by atoms with Crippen LogP contribution in [0.4, 0.5) is 5.69 Å². The van der Waals surface area contributed by atoms with E-state index in [2.05, 4.69) is 43.2 Å². The van der Waals surface area contributed by atoms with Crippen LogP contribution in [0.1, 0.15) is 44.7 Å². The van der Waals surface area contributed by atoms with Crippen molar-refractivity contribution in [1.82, 2.24) is 10.4 Å². The molecule has 0 aliphatic heterocycles. The molecule has 0 atom stereocenters. The van der Waals surface area contributed by atoms with E-state index < -0.39 is 0 Å². The monoisotopic (exact) mass is 431 g/mol. The summed E-state index contributed by atoms with van der Waals surface area (Å²) in [4.78, 5) is 0. The molecule has 0 amide bonds. The Bertz CT molecular complexity index is 762. The van der Waals surface area contributed by atoms with Crippen LogP contribution in [0.25, 0.3) is 0 Å². The molecular formula is C22H35BClN5O. The number of anilines is 1. The van der Waals surface area contributed by atoms with Gasteiger partial charge in [-0.15, -0.1) is 0 Å². The van der Waals surface area contributed by atoms with Crippen molar-refractivity contribution >= 4 is 36.3 Å². The summed E-state index contributed by atoms with van der Waals surface area (Å²) in [5.41, 5.74) is 7.18. The Morgan fingerprint density at radius 2 is 2.13 bits per heavy atom. The number of rotatable bonds is 13. The number of nitrogens with zero attached hydrogens (tertiary/aromatic N) is 2. The molecule has 164 valence electrons.